The van der Waals surface area contributed by atoms with Crippen LogP contribution in [-0.4, -0.2) is 35.8 Å². The Hall–Kier alpha value is -3.69. The van der Waals surface area contributed by atoms with Crippen LogP contribution in [0.15, 0.2) is 48.5 Å². The molecule has 1 aliphatic heterocycles. The summed E-state index contributed by atoms with van der Waals surface area (Å²) in [6.45, 7) is -0.265. The predicted octanol–water partition coefficient (Wildman–Crippen LogP) is 3.24. The van der Waals surface area contributed by atoms with E-state index in [9.17, 15) is 32.3 Å². The lowest BCUT2D eigenvalue weighted by Crippen LogP contribution is -2.45. The number of hydrogen-bond acceptors (Lipinski definition) is 5. The van der Waals surface area contributed by atoms with Gasteiger partial charge in [-0.1, -0.05) is 30.3 Å². The molecule has 1 unspecified atom stereocenters. The van der Waals surface area contributed by atoms with E-state index in [1.807, 2.05) is 5.32 Å². The summed E-state index contributed by atoms with van der Waals surface area (Å²) in [5.74, 6) is -3.13. The van der Waals surface area contributed by atoms with Gasteiger partial charge in [-0.2, -0.15) is 13.2 Å². The van der Waals surface area contributed by atoms with Crippen molar-refractivity contribution in [1.82, 2.24) is 10.2 Å². The zero-order chi connectivity index (χ0) is 22.8. The number of ether oxygens (including phenoxy) is 1. The minimum Gasteiger partial charge on any atom is -0.453 e. The van der Waals surface area contributed by atoms with E-state index in [0.717, 1.165) is 24.1 Å². The molecule has 3 rings (SSSR count). The summed E-state index contributed by atoms with van der Waals surface area (Å²) in [7, 11) is 1.08. The van der Waals surface area contributed by atoms with Crippen molar-refractivity contribution < 1.29 is 37.1 Å². The summed E-state index contributed by atoms with van der Waals surface area (Å²) < 4.78 is 42.7. The number of halogens is 3. The van der Waals surface area contributed by atoms with E-state index >= 15 is 0 Å². The highest BCUT2D eigenvalue weighted by Gasteiger charge is 2.40. The smallest absolute Gasteiger partial charge is 0.416 e. The number of methoxy groups -OCH3 is 1. The zero-order valence-electron chi connectivity index (χ0n) is 16.2. The number of rotatable bonds is 4. The highest BCUT2D eigenvalue weighted by molar-refractivity contribution is 6.12. The Balaban J connectivity index is 1.88. The van der Waals surface area contributed by atoms with Gasteiger partial charge < -0.3 is 4.74 Å². The highest BCUT2D eigenvalue weighted by Crippen LogP contribution is 2.33. The standard InChI is InChI=1S/C21H17F3N2O5/c1-31-20(30)25-17(27)10-16-14-4-2-3-5-15(14)18(28)26(19(16)29)11-12-6-8-13(9-7-12)21(22,23)24/h2-9,16H,10-11H2,1H3,(H,25,27,30). The van der Waals surface area contributed by atoms with Crippen LogP contribution in [0, 0.1) is 0 Å². The van der Waals surface area contributed by atoms with E-state index < -0.39 is 47.9 Å². The normalized spacial score (nSPS) is 16.0. The molecule has 4 amide bonds. The lowest BCUT2D eigenvalue weighted by atomic mass is 9.86. The molecule has 1 aliphatic rings. The number of benzene rings is 2. The van der Waals surface area contributed by atoms with Crippen LogP contribution in [-0.2, 0) is 27.0 Å². The fraction of sp³-hybridized carbons (Fsp3) is 0.238. The number of alkyl carbamates (subject to hydrolysis) is 1. The first kappa shape index (κ1) is 22.0. The van der Waals surface area contributed by atoms with Gasteiger partial charge in [0.2, 0.25) is 11.8 Å². The molecule has 0 saturated heterocycles. The maximum atomic E-state index is 13.0. The molecule has 10 heteroatoms. The number of imide groups is 2. The Labute approximate surface area is 174 Å². The second-order valence-corrected chi connectivity index (χ2v) is 6.81. The Morgan fingerprint density at radius 1 is 1.06 bits per heavy atom. The summed E-state index contributed by atoms with van der Waals surface area (Å²) in [4.78, 5) is 50.2. The third-order valence-corrected chi connectivity index (χ3v) is 4.81. The molecule has 0 fully saturated rings. The van der Waals surface area contributed by atoms with Crippen LogP contribution in [0.25, 0.3) is 0 Å². The first-order chi connectivity index (χ1) is 14.6. The van der Waals surface area contributed by atoms with Gasteiger partial charge in [-0.15, -0.1) is 0 Å². The quantitative estimate of drug-likeness (QED) is 0.746. The number of carbonyl (C=O) groups is 4. The van der Waals surface area contributed by atoms with Crippen LogP contribution < -0.4 is 5.32 Å². The lowest BCUT2D eigenvalue weighted by Gasteiger charge is -2.32. The van der Waals surface area contributed by atoms with Crippen molar-refractivity contribution in [3.63, 3.8) is 0 Å². The van der Waals surface area contributed by atoms with Crippen molar-refractivity contribution >= 4 is 23.8 Å². The number of amides is 4. The van der Waals surface area contributed by atoms with Gasteiger partial charge in [0.1, 0.15) is 0 Å². The third kappa shape index (κ3) is 4.73. The van der Waals surface area contributed by atoms with Gasteiger partial charge in [0.05, 0.1) is 25.1 Å². The van der Waals surface area contributed by atoms with Gasteiger partial charge in [-0.25, -0.2) is 4.79 Å². The van der Waals surface area contributed by atoms with Crippen LogP contribution in [0.4, 0.5) is 18.0 Å². The molecule has 2 aromatic carbocycles. The fourth-order valence-electron chi connectivity index (χ4n) is 3.29. The molecule has 0 aliphatic carbocycles. The monoisotopic (exact) mass is 434 g/mol. The summed E-state index contributed by atoms with van der Waals surface area (Å²) >= 11 is 0. The van der Waals surface area contributed by atoms with Gasteiger partial charge in [-0.3, -0.25) is 24.6 Å². The average Bonchev–Trinajstić information content (AvgIpc) is 2.73. The number of nitrogens with zero attached hydrogens (tertiary/aromatic N) is 1. The highest BCUT2D eigenvalue weighted by atomic mass is 19.4. The lowest BCUT2D eigenvalue weighted by molar-refractivity contribution is -0.137. The number of hydrogen-bond donors (Lipinski definition) is 1. The summed E-state index contributed by atoms with van der Waals surface area (Å²) in [5, 5.41) is 1.96. The van der Waals surface area contributed by atoms with Gasteiger partial charge in [0.15, 0.2) is 0 Å². The van der Waals surface area contributed by atoms with Gasteiger partial charge in [0.25, 0.3) is 5.91 Å². The molecule has 31 heavy (non-hydrogen) atoms. The molecule has 0 aromatic heterocycles. The summed E-state index contributed by atoms with van der Waals surface area (Å²) in [5.41, 5.74) is -0.00633. The topological polar surface area (TPSA) is 92.8 Å². The molecule has 0 bridgehead atoms. The van der Waals surface area contributed by atoms with Crippen molar-refractivity contribution in [3.8, 4) is 0 Å². The van der Waals surface area contributed by atoms with Crippen molar-refractivity contribution in [2.45, 2.75) is 25.1 Å². The van der Waals surface area contributed by atoms with E-state index in [4.69, 9.17) is 0 Å². The fourth-order valence-corrected chi connectivity index (χ4v) is 3.29. The van der Waals surface area contributed by atoms with Crippen molar-refractivity contribution in [2.75, 3.05) is 7.11 Å². The second kappa shape index (κ2) is 8.58. The molecular formula is C21H17F3N2O5. The Bertz CT molecular complexity index is 1030. The van der Waals surface area contributed by atoms with E-state index in [-0.39, 0.29) is 12.1 Å². The molecule has 0 spiro atoms. The first-order valence-corrected chi connectivity index (χ1v) is 9.10. The molecule has 1 atom stereocenters. The molecular weight excluding hydrogens is 417 g/mol. The van der Waals surface area contributed by atoms with Crippen LogP contribution >= 0.6 is 0 Å². The van der Waals surface area contributed by atoms with Crippen LogP contribution in [0.2, 0.25) is 0 Å². The van der Waals surface area contributed by atoms with E-state index in [1.165, 1.54) is 24.3 Å². The van der Waals surface area contributed by atoms with E-state index in [2.05, 4.69) is 4.74 Å². The predicted molar refractivity (Wildman–Crippen MR) is 101 cm³/mol. The third-order valence-electron chi connectivity index (χ3n) is 4.81. The molecule has 7 nitrogen and oxygen atoms in total. The van der Waals surface area contributed by atoms with Crippen molar-refractivity contribution in [3.05, 3.63) is 70.8 Å². The van der Waals surface area contributed by atoms with Crippen LogP contribution in [0.1, 0.15) is 39.4 Å². The Kier molecular flexibility index (Phi) is 6.09. The number of carbonyl (C=O) groups excluding carboxylic acids is 4. The number of alkyl halides is 3. The molecule has 0 saturated carbocycles. The maximum absolute atomic E-state index is 13.0. The number of fused-ring (bicyclic) bond motifs is 1. The average molecular weight is 434 g/mol. The minimum atomic E-state index is -4.51. The largest absolute Gasteiger partial charge is 0.453 e. The summed E-state index contributed by atoms with van der Waals surface area (Å²) in [6, 6.07) is 10.3. The first-order valence-electron chi connectivity index (χ1n) is 9.10. The second-order valence-electron chi connectivity index (χ2n) is 6.81. The van der Waals surface area contributed by atoms with Crippen molar-refractivity contribution in [2.24, 2.45) is 0 Å². The molecule has 0 radical (unpaired) electrons. The zero-order valence-corrected chi connectivity index (χ0v) is 16.2. The van der Waals surface area contributed by atoms with E-state index in [0.29, 0.717) is 11.1 Å². The van der Waals surface area contributed by atoms with Crippen LogP contribution in [0.3, 0.4) is 0 Å². The minimum absolute atomic E-state index is 0.199. The SMILES string of the molecule is COC(=O)NC(=O)CC1C(=O)N(Cc2ccc(C(F)(F)F)cc2)C(=O)c2ccccc21. The molecule has 1 heterocycles. The maximum Gasteiger partial charge on any atom is 0.416 e. The van der Waals surface area contributed by atoms with E-state index in [1.54, 1.807) is 12.1 Å². The Morgan fingerprint density at radius 2 is 1.71 bits per heavy atom. The van der Waals surface area contributed by atoms with Crippen LogP contribution in [0.5, 0.6) is 0 Å². The number of nitrogens with one attached hydrogen (secondary N) is 1. The molecule has 162 valence electrons. The van der Waals surface area contributed by atoms with Crippen molar-refractivity contribution in [1.29, 1.82) is 0 Å². The molecule has 1 N–H and O–H groups in total. The Morgan fingerprint density at radius 3 is 2.32 bits per heavy atom. The van der Waals surface area contributed by atoms with Gasteiger partial charge in [0, 0.05) is 12.0 Å². The van der Waals surface area contributed by atoms with Gasteiger partial charge in [-0.05, 0) is 29.3 Å². The molecule has 2 aromatic rings. The van der Waals surface area contributed by atoms with Gasteiger partial charge >= 0.3 is 12.3 Å². The summed E-state index contributed by atoms with van der Waals surface area (Å²) in [6.07, 6.45) is -5.91.